The summed E-state index contributed by atoms with van der Waals surface area (Å²) in [5, 5.41) is 7.24. The maximum atomic E-state index is 12.9. The van der Waals surface area contributed by atoms with Crippen molar-refractivity contribution in [3.05, 3.63) is 82.9 Å². The van der Waals surface area contributed by atoms with E-state index in [0.29, 0.717) is 21.9 Å². The Hall–Kier alpha value is -2.92. The number of halogens is 4. The summed E-state index contributed by atoms with van der Waals surface area (Å²) in [6, 6.07) is 16.0. The van der Waals surface area contributed by atoms with E-state index in [-0.39, 0.29) is 10.7 Å². The Morgan fingerprint density at radius 2 is 1.81 bits per heavy atom. The molecule has 3 aromatic rings. The van der Waals surface area contributed by atoms with Crippen LogP contribution in [0.3, 0.4) is 0 Å². The van der Waals surface area contributed by atoms with Crippen LogP contribution in [0.4, 0.5) is 24.5 Å². The van der Waals surface area contributed by atoms with Crippen molar-refractivity contribution in [2.45, 2.75) is 11.1 Å². The molecule has 0 spiro atoms. The maximum Gasteiger partial charge on any atom is 0.416 e. The minimum atomic E-state index is -4.48. The third kappa shape index (κ3) is 6.54. The van der Waals surface area contributed by atoms with Crippen LogP contribution in [-0.2, 0) is 16.1 Å². The Morgan fingerprint density at radius 1 is 1.03 bits per heavy atom. The standard InChI is InChI=1S/C21H16ClF3N2O4S/c1-29-31-30-16-6-3-5-15(12-16)26-20(28)13-4-2-7-17(10-13)32-27-19-11-14(21(23,24)25)8-9-18(19)22/h2-12,27H,1H3,(H,26,28). The topological polar surface area (TPSA) is 68.8 Å². The summed E-state index contributed by atoms with van der Waals surface area (Å²) in [5.74, 6) is -0.0783. The van der Waals surface area contributed by atoms with Crippen LogP contribution in [0.5, 0.6) is 5.75 Å². The molecule has 168 valence electrons. The molecule has 0 heterocycles. The van der Waals surface area contributed by atoms with Crippen LogP contribution in [0.2, 0.25) is 5.02 Å². The number of anilines is 2. The SMILES string of the molecule is COOOc1cccc(NC(=O)c2cccc(SNc3cc(C(F)(F)F)ccc3Cl)c2)c1. The lowest BCUT2D eigenvalue weighted by Gasteiger charge is -2.12. The first-order chi connectivity index (χ1) is 15.3. The Morgan fingerprint density at radius 3 is 2.56 bits per heavy atom. The van der Waals surface area contributed by atoms with E-state index in [0.717, 1.165) is 24.1 Å². The van der Waals surface area contributed by atoms with Gasteiger partial charge in [-0.2, -0.15) is 18.1 Å². The number of benzene rings is 3. The van der Waals surface area contributed by atoms with Gasteiger partial charge >= 0.3 is 6.18 Å². The molecule has 0 fully saturated rings. The molecule has 0 radical (unpaired) electrons. The molecule has 32 heavy (non-hydrogen) atoms. The molecule has 6 nitrogen and oxygen atoms in total. The fourth-order valence-electron chi connectivity index (χ4n) is 2.50. The van der Waals surface area contributed by atoms with Gasteiger partial charge in [0.1, 0.15) is 0 Å². The fourth-order valence-corrected chi connectivity index (χ4v) is 3.45. The molecule has 0 aliphatic rings. The molecule has 0 aliphatic heterocycles. The van der Waals surface area contributed by atoms with E-state index < -0.39 is 17.6 Å². The Labute approximate surface area is 190 Å². The van der Waals surface area contributed by atoms with Crippen LogP contribution in [0.1, 0.15) is 15.9 Å². The minimum Gasteiger partial charge on any atom is -0.324 e. The third-order valence-corrected chi connectivity index (χ3v) is 5.10. The molecule has 0 atom stereocenters. The average molecular weight is 485 g/mol. The van der Waals surface area contributed by atoms with Crippen molar-refractivity contribution < 1.29 is 32.8 Å². The van der Waals surface area contributed by atoms with Gasteiger partial charge in [-0.1, -0.05) is 23.7 Å². The van der Waals surface area contributed by atoms with Gasteiger partial charge in [-0.3, -0.25) is 4.79 Å². The van der Waals surface area contributed by atoms with E-state index in [2.05, 4.69) is 20.0 Å². The smallest absolute Gasteiger partial charge is 0.324 e. The Kier molecular flexibility index (Phi) is 7.86. The maximum absolute atomic E-state index is 12.9. The van der Waals surface area contributed by atoms with Crippen LogP contribution < -0.4 is 14.9 Å². The van der Waals surface area contributed by atoms with E-state index in [4.69, 9.17) is 16.5 Å². The largest absolute Gasteiger partial charge is 0.416 e. The predicted octanol–water partition coefficient (Wildman–Crippen LogP) is 6.60. The highest BCUT2D eigenvalue weighted by Gasteiger charge is 2.31. The van der Waals surface area contributed by atoms with E-state index in [1.807, 2.05) is 0 Å². The van der Waals surface area contributed by atoms with Gasteiger partial charge < -0.3 is 14.9 Å². The summed E-state index contributed by atoms with van der Waals surface area (Å²) in [7, 11) is 1.28. The normalized spacial score (nSPS) is 11.2. The zero-order valence-electron chi connectivity index (χ0n) is 16.4. The molecule has 0 saturated heterocycles. The molecule has 11 heteroatoms. The van der Waals surface area contributed by atoms with Crippen molar-refractivity contribution in [1.82, 2.24) is 0 Å². The second-order valence-corrected chi connectivity index (χ2v) is 7.51. The van der Waals surface area contributed by atoms with Gasteiger partial charge in [-0.25, -0.2) is 0 Å². The van der Waals surface area contributed by atoms with Gasteiger partial charge in [-0.05, 0) is 65.5 Å². The first kappa shape index (κ1) is 23.7. The second-order valence-electron chi connectivity index (χ2n) is 6.22. The lowest BCUT2D eigenvalue weighted by molar-refractivity contribution is -0.453. The molecular weight excluding hydrogens is 469 g/mol. The first-order valence-electron chi connectivity index (χ1n) is 8.94. The van der Waals surface area contributed by atoms with Gasteiger partial charge in [0, 0.05) is 22.2 Å². The summed E-state index contributed by atoms with van der Waals surface area (Å²) < 4.78 is 41.6. The highest BCUT2D eigenvalue weighted by molar-refractivity contribution is 8.00. The van der Waals surface area contributed by atoms with Gasteiger partial charge in [0.05, 0.1) is 23.4 Å². The van der Waals surface area contributed by atoms with Crippen molar-refractivity contribution in [2.75, 3.05) is 17.1 Å². The number of carbonyl (C=O) groups excluding carboxylic acids is 1. The average Bonchev–Trinajstić information content (AvgIpc) is 2.77. The van der Waals surface area contributed by atoms with Crippen LogP contribution >= 0.6 is 23.5 Å². The molecule has 0 aromatic heterocycles. The number of rotatable bonds is 8. The van der Waals surface area contributed by atoms with Gasteiger partial charge in [0.2, 0.25) is 0 Å². The molecule has 3 aromatic carbocycles. The number of alkyl halides is 3. The highest BCUT2D eigenvalue weighted by Crippen LogP contribution is 2.35. The van der Waals surface area contributed by atoms with Crippen molar-refractivity contribution in [2.24, 2.45) is 0 Å². The third-order valence-electron chi connectivity index (χ3n) is 3.96. The number of carbonyl (C=O) groups is 1. The number of nitrogens with one attached hydrogen (secondary N) is 2. The summed E-state index contributed by atoms with van der Waals surface area (Å²) in [4.78, 5) is 22.4. The van der Waals surface area contributed by atoms with Crippen molar-refractivity contribution in [3.8, 4) is 5.75 Å². The molecule has 2 N–H and O–H groups in total. The lowest BCUT2D eigenvalue weighted by atomic mass is 10.2. The monoisotopic (exact) mass is 484 g/mol. The van der Waals surface area contributed by atoms with Crippen LogP contribution in [0.15, 0.2) is 71.6 Å². The van der Waals surface area contributed by atoms with E-state index in [1.54, 1.807) is 42.5 Å². The molecule has 1 amide bonds. The predicted molar refractivity (Wildman–Crippen MR) is 115 cm³/mol. The number of amides is 1. The van der Waals surface area contributed by atoms with Gasteiger partial charge in [0.25, 0.3) is 5.91 Å². The molecule has 0 unspecified atom stereocenters. The van der Waals surface area contributed by atoms with Crippen LogP contribution in [0, 0.1) is 0 Å². The minimum absolute atomic E-state index is 0.108. The fraction of sp³-hybridized carbons (Fsp3) is 0.0952. The van der Waals surface area contributed by atoms with Crippen molar-refractivity contribution in [3.63, 3.8) is 0 Å². The quantitative estimate of drug-likeness (QED) is 0.213. The molecule has 0 bridgehead atoms. The molecule has 0 aliphatic carbocycles. The first-order valence-corrected chi connectivity index (χ1v) is 10.1. The van der Waals surface area contributed by atoms with Crippen molar-refractivity contribution in [1.29, 1.82) is 0 Å². The Bertz CT molecular complexity index is 1100. The van der Waals surface area contributed by atoms with Crippen molar-refractivity contribution >= 4 is 40.8 Å². The molecular formula is C21H16ClF3N2O4S. The molecule has 3 rings (SSSR count). The second kappa shape index (κ2) is 10.6. The lowest BCUT2D eigenvalue weighted by Crippen LogP contribution is -2.12. The summed E-state index contributed by atoms with van der Waals surface area (Å²) in [5.41, 5.74) is 0.0854. The van der Waals surface area contributed by atoms with Crippen LogP contribution in [-0.4, -0.2) is 13.0 Å². The summed E-state index contributed by atoms with van der Waals surface area (Å²) >= 11 is 7.02. The van der Waals surface area contributed by atoms with Crippen LogP contribution in [0.25, 0.3) is 0 Å². The number of hydrogen-bond donors (Lipinski definition) is 2. The van der Waals surface area contributed by atoms with Gasteiger partial charge in [-0.15, -0.1) is 0 Å². The van der Waals surface area contributed by atoms with Gasteiger partial charge in [0.15, 0.2) is 5.75 Å². The van der Waals surface area contributed by atoms with E-state index >= 15 is 0 Å². The zero-order valence-corrected chi connectivity index (χ0v) is 18.0. The summed E-state index contributed by atoms with van der Waals surface area (Å²) in [6.07, 6.45) is -4.48. The molecule has 0 saturated carbocycles. The van der Waals surface area contributed by atoms with E-state index in [9.17, 15) is 18.0 Å². The number of hydrogen-bond acceptors (Lipinski definition) is 6. The Balaban J connectivity index is 1.68. The zero-order chi connectivity index (χ0) is 23.1. The highest BCUT2D eigenvalue weighted by atomic mass is 35.5. The summed E-state index contributed by atoms with van der Waals surface area (Å²) in [6.45, 7) is 0. The van der Waals surface area contributed by atoms with E-state index in [1.165, 1.54) is 19.2 Å².